The first-order valence-corrected chi connectivity index (χ1v) is 4.75. The van der Waals surface area contributed by atoms with Crippen LogP contribution in [0.25, 0.3) is 0 Å². The number of carbonyl (C=O) groups is 2. The van der Waals surface area contributed by atoms with Crippen LogP contribution in [0.3, 0.4) is 0 Å². The Labute approximate surface area is 84.0 Å². The normalized spacial score (nSPS) is 25.4. The predicted molar refractivity (Wildman–Crippen MR) is 51.5 cm³/mol. The van der Waals surface area contributed by atoms with Gasteiger partial charge in [0.15, 0.2) is 0 Å². The molecule has 0 bridgehead atoms. The summed E-state index contributed by atoms with van der Waals surface area (Å²) in [4.78, 5) is 22.6. The van der Waals surface area contributed by atoms with Gasteiger partial charge in [0.05, 0.1) is 18.9 Å². The summed E-state index contributed by atoms with van der Waals surface area (Å²) >= 11 is 0. The molecule has 0 aromatic rings. The summed E-state index contributed by atoms with van der Waals surface area (Å²) in [5.41, 5.74) is -0.236. The molecule has 1 N–H and O–H groups in total. The fourth-order valence-corrected chi connectivity index (χ4v) is 1.36. The van der Waals surface area contributed by atoms with Crippen molar-refractivity contribution in [1.82, 2.24) is 5.32 Å². The Hall–Kier alpha value is -1.06. The Bertz CT molecular complexity index is 255. The van der Waals surface area contributed by atoms with Crippen LogP contribution in [0.15, 0.2) is 0 Å². The molecule has 4 nitrogen and oxygen atoms in total. The lowest BCUT2D eigenvalue weighted by Gasteiger charge is -2.20. The first kappa shape index (κ1) is 11.0. The monoisotopic (exact) mass is 199 g/mol. The Kier molecular flexibility index (Phi) is 2.83. The summed E-state index contributed by atoms with van der Waals surface area (Å²) in [7, 11) is 1.35. The van der Waals surface area contributed by atoms with Crippen molar-refractivity contribution in [3.63, 3.8) is 0 Å². The first-order chi connectivity index (χ1) is 6.35. The lowest BCUT2D eigenvalue weighted by Crippen LogP contribution is -2.41. The van der Waals surface area contributed by atoms with E-state index in [1.807, 2.05) is 20.8 Å². The lowest BCUT2D eigenvalue weighted by molar-refractivity contribution is -0.143. The number of hydrogen-bond donors (Lipinski definition) is 1. The van der Waals surface area contributed by atoms with Crippen LogP contribution in [0.5, 0.6) is 0 Å². The van der Waals surface area contributed by atoms with Crippen molar-refractivity contribution in [2.75, 3.05) is 7.11 Å². The van der Waals surface area contributed by atoms with Crippen molar-refractivity contribution < 1.29 is 14.3 Å². The van der Waals surface area contributed by atoms with E-state index < -0.39 is 0 Å². The standard InChI is InChI=1S/C10H17NO3/c1-10(2,3)11-8(12)6-5-7(6)9(13)14-4/h6-7H,5H2,1-4H3,(H,11,12)/t6-,7-/m1/s1. The van der Waals surface area contributed by atoms with Crippen LogP contribution in [-0.4, -0.2) is 24.5 Å². The predicted octanol–water partition coefficient (Wildman–Crippen LogP) is 0.710. The molecule has 14 heavy (non-hydrogen) atoms. The maximum atomic E-state index is 11.5. The van der Waals surface area contributed by atoms with Gasteiger partial charge in [-0.15, -0.1) is 0 Å². The summed E-state index contributed by atoms with van der Waals surface area (Å²) in [6.45, 7) is 5.75. The fraction of sp³-hybridized carbons (Fsp3) is 0.800. The third-order valence-electron chi connectivity index (χ3n) is 2.13. The van der Waals surface area contributed by atoms with E-state index in [2.05, 4.69) is 10.1 Å². The van der Waals surface area contributed by atoms with Crippen LogP contribution < -0.4 is 5.32 Å². The second-order valence-electron chi connectivity index (χ2n) is 4.71. The van der Waals surface area contributed by atoms with Crippen LogP contribution in [0.1, 0.15) is 27.2 Å². The van der Waals surface area contributed by atoms with Gasteiger partial charge in [0.25, 0.3) is 0 Å². The Balaban J connectivity index is 2.40. The Morgan fingerprint density at radius 3 is 2.29 bits per heavy atom. The molecule has 0 radical (unpaired) electrons. The molecule has 1 amide bonds. The number of hydrogen-bond acceptors (Lipinski definition) is 3. The van der Waals surface area contributed by atoms with Crippen molar-refractivity contribution >= 4 is 11.9 Å². The van der Waals surface area contributed by atoms with Crippen molar-refractivity contribution in [2.45, 2.75) is 32.7 Å². The third-order valence-corrected chi connectivity index (χ3v) is 2.13. The molecule has 1 aliphatic rings. The Morgan fingerprint density at radius 2 is 1.86 bits per heavy atom. The molecule has 0 spiro atoms. The molecule has 1 saturated carbocycles. The molecular formula is C10H17NO3. The van der Waals surface area contributed by atoms with E-state index >= 15 is 0 Å². The molecule has 4 heteroatoms. The number of carbonyl (C=O) groups excluding carboxylic acids is 2. The van der Waals surface area contributed by atoms with Gasteiger partial charge in [-0.3, -0.25) is 9.59 Å². The molecule has 0 aliphatic heterocycles. The van der Waals surface area contributed by atoms with Crippen LogP contribution in [0.2, 0.25) is 0 Å². The van der Waals surface area contributed by atoms with Crippen LogP contribution >= 0.6 is 0 Å². The largest absolute Gasteiger partial charge is 0.469 e. The SMILES string of the molecule is COC(=O)[C@@H]1C[C@H]1C(=O)NC(C)(C)C. The summed E-state index contributed by atoms with van der Waals surface area (Å²) in [6.07, 6.45) is 0.620. The van der Waals surface area contributed by atoms with Crippen molar-refractivity contribution in [1.29, 1.82) is 0 Å². The highest BCUT2D eigenvalue weighted by atomic mass is 16.5. The van der Waals surface area contributed by atoms with Crippen LogP contribution in [0, 0.1) is 11.8 Å². The van der Waals surface area contributed by atoms with Gasteiger partial charge < -0.3 is 10.1 Å². The summed E-state index contributed by atoms with van der Waals surface area (Å²) in [6, 6.07) is 0. The zero-order chi connectivity index (χ0) is 10.9. The van der Waals surface area contributed by atoms with Gasteiger partial charge in [-0.05, 0) is 27.2 Å². The number of esters is 1. The van der Waals surface area contributed by atoms with Gasteiger partial charge >= 0.3 is 5.97 Å². The minimum absolute atomic E-state index is 0.0482. The van der Waals surface area contributed by atoms with E-state index in [-0.39, 0.29) is 29.3 Å². The number of amides is 1. The summed E-state index contributed by atoms with van der Waals surface area (Å²) in [5.74, 6) is -0.726. The average Bonchev–Trinajstić information content (AvgIpc) is 2.78. The molecule has 0 aromatic heterocycles. The molecule has 2 atom stereocenters. The van der Waals surface area contributed by atoms with E-state index in [0.29, 0.717) is 6.42 Å². The Morgan fingerprint density at radius 1 is 1.29 bits per heavy atom. The van der Waals surface area contributed by atoms with Gasteiger partial charge in [0.2, 0.25) is 5.91 Å². The van der Waals surface area contributed by atoms with Crippen LogP contribution in [-0.2, 0) is 14.3 Å². The topological polar surface area (TPSA) is 55.4 Å². The van der Waals surface area contributed by atoms with Gasteiger partial charge in [-0.1, -0.05) is 0 Å². The maximum Gasteiger partial charge on any atom is 0.309 e. The van der Waals surface area contributed by atoms with Gasteiger partial charge in [0, 0.05) is 5.54 Å². The number of methoxy groups -OCH3 is 1. The van der Waals surface area contributed by atoms with Crippen LogP contribution in [0.4, 0.5) is 0 Å². The highest BCUT2D eigenvalue weighted by molar-refractivity contribution is 5.90. The number of nitrogens with one attached hydrogen (secondary N) is 1. The van der Waals surface area contributed by atoms with E-state index in [9.17, 15) is 9.59 Å². The zero-order valence-corrected chi connectivity index (χ0v) is 9.09. The molecule has 0 aromatic carbocycles. The average molecular weight is 199 g/mol. The minimum Gasteiger partial charge on any atom is -0.469 e. The molecule has 0 unspecified atom stereocenters. The second kappa shape index (κ2) is 3.59. The van der Waals surface area contributed by atoms with E-state index in [1.165, 1.54) is 7.11 Å². The smallest absolute Gasteiger partial charge is 0.309 e. The summed E-state index contributed by atoms with van der Waals surface area (Å²) < 4.78 is 4.57. The zero-order valence-electron chi connectivity index (χ0n) is 9.09. The molecule has 1 aliphatic carbocycles. The van der Waals surface area contributed by atoms with E-state index in [4.69, 9.17) is 0 Å². The lowest BCUT2D eigenvalue weighted by atomic mass is 10.1. The molecule has 0 saturated heterocycles. The minimum atomic E-state index is -0.279. The second-order valence-corrected chi connectivity index (χ2v) is 4.71. The molecule has 80 valence electrons. The highest BCUT2D eigenvalue weighted by Gasteiger charge is 2.49. The maximum absolute atomic E-state index is 11.5. The highest BCUT2D eigenvalue weighted by Crippen LogP contribution is 2.39. The van der Waals surface area contributed by atoms with Gasteiger partial charge in [0.1, 0.15) is 0 Å². The third kappa shape index (κ3) is 2.72. The summed E-state index contributed by atoms with van der Waals surface area (Å²) in [5, 5.41) is 2.84. The fourth-order valence-electron chi connectivity index (χ4n) is 1.36. The van der Waals surface area contributed by atoms with E-state index in [1.54, 1.807) is 0 Å². The molecule has 0 heterocycles. The van der Waals surface area contributed by atoms with Gasteiger partial charge in [-0.25, -0.2) is 0 Å². The van der Waals surface area contributed by atoms with Crippen molar-refractivity contribution in [3.8, 4) is 0 Å². The van der Waals surface area contributed by atoms with Gasteiger partial charge in [-0.2, -0.15) is 0 Å². The molecule has 1 rings (SSSR count). The molecular weight excluding hydrogens is 182 g/mol. The van der Waals surface area contributed by atoms with E-state index in [0.717, 1.165) is 0 Å². The number of rotatable bonds is 2. The first-order valence-electron chi connectivity index (χ1n) is 4.75. The van der Waals surface area contributed by atoms with Crippen molar-refractivity contribution in [2.24, 2.45) is 11.8 Å². The number of ether oxygens (including phenoxy) is 1. The molecule has 1 fully saturated rings. The quantitative estimate of drug-likeness (QED) is 0.666. The van der Waals surface area contributed by atoms with Crippen molar-refractivity contribution in [3.05, 3.63) is 0 Å².